The highest BCUT2D eigenvalue weighted by atomic mass is 32.1. The highest BCUT2D eigenvalue weighted by molar-refractivity contribution is 7.11. The average molecular weight is 324 g/mol. The van der Waals surface area contributed by atoms with E-state index in [0.717, 1.165) is 23.7 Å². The number of carbonyl (C=O) groups is 1. The van der Waals surface area contributed by atoms with Gasteiger partial charge in [0.1, 0.15) is 0 Å². The number of carbonyl (C=O) groups excluding carboxylic acids is 1. The monoisotopic (exact) mass is 323 g/mol. The molecule has 1 fully saturated rings. The minimum Gasteiger partial charge on any atom is -0.351 e. The summed E-state index contributed by atoms with van der Waals surface area (Å²) in [7, 11) is 2.17. The molecule has 1 amide bonds. The summed E-state index contributed by atoms with van der Waals surface area (Å²) >= 11 is 1.72. The largest absolute Gasteiger partial charge is 0.351 e. The summed E-state index contributed by atoms with van der Waals surface area (Å²) in [6.45, 7) is 9.30. The second kappa shape index (κ2) is 8.06. The average Bonchev–Trinajstić information content (AvgIpc) is 2.84. The summed E-state index contributed by atoms with van der Waals surface area (Å²) in [5.74, 6) is 1.31. The Hall–Kier alpha value is -0.940. The molecule has 2 heterocycles. The van der Waals surface area contributed by atoms with Gasteiger partial charge in [-0.05, 0) is 45.7 Å². The number of piperidine rings is 1. The van der Waals surface area contributed by atoms with E-state index in [1.54, 1.807) is 11.3 Å². The van der Waals surface area contributed by atoms with Crippen molar-refractivity contribution < 1.29 is 4.79 Å². The molecule has 0 spiro atoms. The van der Waals surface area contributed by atoms with E-state index in [4.69, 9.17) is 0 Å². The summed E-state index contributed by atoms with van der Waals surface area (Å²) in [6.07, 6.45) is 4.19. The zero-order chi connectivity index (χ0) is 16.1. The van der Waals surface area contributed by atoms with Crippen molar-refractivity contribution in [3.63, 3.8) is 0 Å². The lowest BCUT2D eigenvalue weighted by molar-refractivity contribution is -0.121. The van der Waals surface area contributed by atoms with Gasteiger partial charge in [0, 0.05) is 23.8 Å². The van der Waals surface area contributed by atoms with Crippen LogP contribution in [0.3, 0.4) is 0 Å². The lowest BCUT2D eigenvalue weighted by Crippen LogP contribution is -2.33. The van der Waals surface area contributed by atoms with Gasteiger partial charge in [-0.15, -0.1) is 11.3 Å². The predicted octanol–water partition coefficient (Wildman–Crippen LogP) is 3.31. The molecule has 0 aliphatic carbocycles. The van der Waals surface area contributed by atoms with E-state index in [1.165, 1.54) is 24.3 Å². The van der Waals surface area contributed by atoms with Gasteiger partial charge in [-0.3, -0.25) is 4.79 Å². The van der Waals surface area contributed by atoms with E-state index >= 15 is 0 Å². The Morgan fingerprint density at radius 2 is 2.27 bits per heavy atom. The molecule has 0 bridgehead atoms. The number of nitrogens with zero attached hydrogens (tertiary/aromatic N) is 2. The maximum atomic E-state index is 12.1. The summed E-state index contributed by atoms with van der Waals surface area (Å²) in [5, 5.41) is 4.22. The van der Waals surface area contributed by atoms with Crippen LogP contribution in [-0.2, 0) is 11.3 Å². The number of aryl methyl sites for hydroxylation is 1. The Morgan fingerprint density at radius 3 is 2.91 bits per heavy atom. The van der Waals surface area contributed by atoms with Crippen molar-refractivity contribution in [3.05, 3.63) is 15.6 Å². The van der Waals surface area contributed by atoms with Gasteiger partial charge in [0.05, 0.1) is 17.2 Å². The van der Waals surface area contributed by atoms with Gasteiger partial charge >= 0.3 is 0 Å². The van der Waals surface area contributed by atoms with Crippen molar-refractivity contribution >= 4 is 17.2 Å². The van der Waals surface area contributed by atoms with Crippen LogP contribution in [0.25, 0.3) is 0 Å². The second-order valence-electron chi connectivity index (χ2n) is 6.80. The van der Waals surface area contributed by atoms with E-state index in [2.05, 4.69) is 36.1 Å². The Bertz CT molecular complexity index is 498. The molecule has 0 aromatic carbocycles. The van der Waals surface area contributed by atoms with Crippen molar-refractivity contribution in [2.24, 2.45) is 5.92 Å². The highest BCUT2D eigenvalue weighted by Gasteiger charge is 2.18. The topological polar surface area (TPSA) is 45.2 Å². The van der Waals surface area contributed by atoms with E-state index < -0.39 is 0 Å². The Morgan fingerprint density at radius 1 is 1.50 bits per heavy atom. The smallest absolute Gasteiger partial charge is 0.220 e. The molecule has 22 heavy (non-hydrogen) atoms. The van der Waals surface area contributed by atoms with Gasteiger partial charge in [0.25, 0.3) is 0 Å². The first-order valence-electron chi connectivity index (χ1n) is 8.37. The van der Waals surface area contributed by atoms with E-state index in [1.807, 2.05) is 6.92 Å². The molecular formula is C17H29N3OS. The van der Waals surface area contributed by atoms with Crippen molar-refractivity contribution in [2.75, 3.05) is 20.1 Å². The molecule has 0 radical (unpaired) electrons. The van der Waals surface area contributed by atoms with Crippen LogP contribution in [0.5, 0.6) is 0 Å². The molecule has 1 atom stereocenters. The van der Waals surface area contributed by atoms with Crippen molar-refractivity contribution in [3.8, 4) is 0 Å². The van der Waals surface area contributed by atoms with Crippen LogP contribution in [-0.4, -0.2) is 35.9 Å². The van der Waals surface area contributed by atoms with Crippen LogP contribution < -0.4 is 5.32 Å². The third-order valence-electron chi connectivity index (χ3n) is 4.35. The molecule has 1 aromatic rings. The highest BCUT2D eigenvalue weighted by Crippen LogP contribution is 2.24. The number of hydrogen-bond acceptors (Lipinski definition) is 4. The van der Waals surface area contributed by atoms with Gasteiger partial charge in [-0.2, -0.15) is 0 Å². The third kappa shape index (κ3) is 5.06. The molecule has 1 aliphatic rings. The molecule has 2 rings (SSSR count). The first kappa shape index (κ1) is 17.4. The molecule has 4 nitrogen and oxygen atoms in total. The van der Waals surface area contributed by atoms with Gasteiger partial charge in [-0.25, -0.2) is 4.98 Å². The van der Waals surface area contributed by atoms with Crippen LogP contribution in [0.2, 0.25) is 0 Å². The predicted molar refractivity (Wildman–Crippen MR) is 92.2 cm³/mol. The fraction of sp³-hybridized carbons (Fsp3) is 0.765. The second-order valence-corrected chi connectivity index (χ2v) is 7.92. The molecule has 124 valence electrons. The molecule has 1 aromatic heterocycles. The minimum absolute atomic E-state index is 0.173. The zero-order valence-corrected chi connectivity index (χ0v) is 15.1. The molecule has 1 aliphatic heterocycles. The van der Waals surface area contributed by atoms with Crippen molar-refractivity contribution in [1.29, 1.82) is 0 Å². The Balaban J connectivity index is 1.73. The normalized spacial score (nSPS) is 19.6. The summed E-state index contributed by atoms with van der Waals surface area (Å²) in [4.78, 5) is 20.2. The van der Waals surface area contributed by atoms with Gasteiger partial charge in [0.15, 0.2) is 0 Å². The number of hydrogen-bond donors (Lipinski definition) is 1. The number of likely N-dealkylation sites (tertiary alicyclic amines) is 1. The fourth-order valence-electron chi connectivity index (χ4n) is 2.97. The van der Waals surface area contributed by atoms with Crippen LogP contribution >= 0.6 is 11.3 Å². The quantitative estimate of drug-likeness (QED) is 0.873. The molecule has 0 saturated carbocycles. The molecule has 1 saturated heterocycles. The van der Waals surface area contributed by atoms with Crippen LogP contribution in [0, 0.1) is 12.8 Å². The SMILES string of the molecule is Cc1nc(C(C)C)sc1CNC(=O)CC[C@@H]1CCCN(C)C1. The molecular weight excluding hydrogens is 294 g/mol. The lowest BCUT2D eigenvalue weighted by atomic mass is 9.93. The van der Waals surface area contributed by atoms with Crippen LogP contribution in [0.4, 0.5) is 0 Å². The maximum Gasteiger partial charge on any atom is 0.220 e. The van der Waals surface area contributed by atoms with Crippen LogP contribution in [0.1, 0.15) is 61.0 Å². The van der Waals surface area contributed by atoms with Gasteiger partial charge in [-0.1, -0.05) is 13.8 Å². The third-order valence-corrected chi connectivity index (χ3v) is 5.81. The van der Waals surface area contributed by atoms with Crippen LogP contribution in [0.15, 0.2) is 0 Å². The minimum atomic E-state index is 0.173. The van der Waals surface area contributed by atoms with Gasteiger partial charge in [0.2, 0.25) is 5.91 Å². The van der Waals surface area contributed by atoms with E-state index in [0.29, 0.717) is 24.8 Å². The number of nitrogens with one attached hydrogen (secondary N) is 1. The summed E-state index contributed by atoms with van der Waals surface area (Å²) in [5.41, 5.74) is 1.06. The van der Waals surface area contributed by atoms with E-state index in [9.17, 15) is 4.79 Å². The van der Waals surface area contributed by atoms with Crippen molar-refractivity contribution in [1.82, 2.24) is 15.2 Å². The lowest BCUT2D eigenvalue weighted by Gasteiger charge is -2.29. The number of thiazole rings is 1. The summed E-state index contributed by atoms with van der Waals surface area (Å²) in [6, 6.07) is 0. The number of amides is 1. The Kier molecular flexibility index (Phi) is 6.38. The first-order valence-corrected chi connectivity index (χ1v) is 9.18. The Labute approximate surface area is 138 Å². The number of rotatable bonds is 6. The summed E-state index contributed by atoms with van der Waals surface area (Å²) < 4.78 is 0. The zero-order valence-electron chi connectivity index (χ0n) is 14.3. The molecule has 0 unspecified atom stereocenters. The van der Waals surface area contributed by atoms with E-state index in [-0.39, 0.29) is 5.91 Å². The van der Waals surface area contributed by atoms with Crippen molar-refractivity contribution in [2.45, 2.75) is 58.9 Å². The fourth-order valence-corrected chi connectivity index (χ4v) is 3.98. The first-order chi connectivity index (χ1) is 10.5. The number of aromatic nitrogens is 1. The van der Waals surface area contributed by atoms with Gasteiger partial charge < -0.3 is 10.2 Å². The standard InChI is InChI=1S/C17H29N3OS/c1-12(2)17-19-13(3)15(22-17)10-18-16(21)8-7-14-6-5-9-20(4)11-14/h12,14H,5-11H2,1-4H3,(H,18,21)/t14-/m0/s1. The maximum absolute atomic E-state index is 12.1. The molecule has 1 N–H and O–H groups in total. The molecule has 5 heteroatoms.